The summed E-state index contributed by atoms with van der Waals surface area (Å²) >= 11 is 0. The zero-order valence-electron chi connectivity index (χ0n) is 11.2. The van der Waals surface area contributed by atoms with Crippen molar-refractivity contribution >= 4 is 5.91 Å². The van der Waals surface area contributed by atoms with Crippen LogP contribution in [0.25, 0.3) is 0 Å². The summed E-state index contributed by atoms with van der Waals surface area (Å²) < 4.78 is 10.9. The number of benzene rings is 1. The van der Waals surface area contributed by atoms with E-state index in [-0.39, 0.29) is 5.91 Å². The van der Waals surface area contributed by atoms with E-state index in [1.54, 1.807) is 0 Å². The molecule has 0 aromatic heterocycles. The molecule has 0 bridgehead atoms. The molecule has 104 valence electrons. The van der Waals surface area contributed by atoms with E-state index in [9.17, 15) is 9.90 Å². The highest BCUT2D eigenvalue weighted by Gasteiger charge is 2.22. The van der Waals surface area contributed by atoms with Gasteiger partial charge in [0.15, 0.2) is 11.5 Å². The van der Waals surface area contributed by atoms with Crippen molar-refractivity contribution < 1.29 is 19.4 Å². The lowest BCUT2D eigenvalue weighted by Gasteiger charge is -2.19. The standard InChI is InChI=1S/C14H19NO4/c1-14(2,17)13(16)15-6-5-10-3-4-11-12(9-10)19-8-7-18-11/h3-4,9,17H,5-8H2,1-2H3,(H,15,16). The lowest BCUT2D eigenvalue weighted by atomic mass is 10.1. The maximum atomic E-state index is 11.5. The number of carbonyl (C=O) groups excluding carboxylic acids is 1. The molecule has 0 saturated carbocycles. The molecule has 1 aromatic rings. The van der Waals surface area contributed by atoms with Gasteiger partial charge in [-0.15, -0.1) is 0 Å². The molecule has 1 amide bonds. The summed E-state index contributed by atoms with van der Waals surface area (Å²) in [4.78, 5) is 11.5. The van der Waals surface area contributed by atoms with Gasteiger partial charge in [0, 0.05) is 6.54 Å². The number of hydrogen-bond acceptors (Lipinski definition) is 4. The first kappa shape index (κ1) is 13.7. The zero-order valence-corrected chi connectivity index (χ0v) is 11.2. The molecule has 1 aromatic carbocycles. The third-order valence-electron chi connectivity index (χ3n) is 2.86. The van der Waals surface area contributed by atoms with E-state index in [1.165, 1.54) is 13.8 Å². The fourth-order valence-corrected chi connectivity index (χ4v) is 1.78. The summed E-state index contributed by atoms with van der Waals surface area (Å²) in [7, 11) is 0. The van der Waals surface area contributed by atoms with Crippen molar-refractivity contribution in [2.75, 3.05) is 19.8 Å². The van der Waals surface area contributed by atoms with Gasteiger partial charge in [-0.3, -0.25) is 4.79 Å². The first-order chi connectivity index (χ1) is 8.97. The van der Waals surface area contributed by atoms with Crippen LogP contribution in [0.5, 0.6) is 11.5 Å². The maximum absolute atomic E-state index is 11.5. The Kier molecular flexibility index (Phi) is 3.95. The molecule has 19 heavy (non-hydrogen) atoms. The van der Waals surface area contributed by atoms with Crippen molar-refractivity contribution in [1.82, 2.24) is 5.32 Å². The quantitative estimate of drug-likeness (QED) is 0.848. The van der Waals surface area contributed by atoms with Crippen molar-refractivity contribution in [2.45, 2.75) is 25.9 Å². The van der Waals surface area contributed by atoms with Crippen molar-refractivity contribution in [2.24, 2.45) is 0 Å². The Morgan fingerprint density at radius 3 is 2.68 bits per heavy atom. The Morgan fingerprint density at radius 2 is 2.00 bits per heavy atom. The van der Waals surface area contributed by atoms with Crippen LogP contribution in [0.1, 0.15) is 19.4 Å². The highest BCUT2D eigenvalue weighted by atomic mass is 16.6. The fourth-order valence-electron chi connectivity index (χ4n) is 1.78. The minimum absolute atomic E-state index is 0.370. The van der Waals surface area contributed by atoms with Gasteiger partial charge in [-0.1, -0.05) is 6.07 Å². The van der Waals surface area contributed by atoms with E-state index in [4.69, 9.17) is 9.47 Å². The molecular weight excluding hydrogens is 246 g/mol. The largest absolute Gasteiger partial charge is 0.486 e. The summed E-state index contributed by atoms with van der Waals surface area (Å²) in [6.45, 7) is 4.54. The van der Waals surface area contributed by atoms with Crippen LogP contribution in [0.4, 0.5) is 0 Å². The molecule has 2 N–H and O–H groups in total. The van der Waals surface area contributed by atoms with E-state index in [0.29, 0.717) is 26.2 Å². The van der Waals surface area contributed by atoms with E-state index < -0.39 is 5.60 Å². The van der Waals surface area contributed by atoms with Gasteiger partial charge in [-0.25, -0.2) is 0 Å². The number of amides is 1. The zero-order chi connectivity index (χ0) is 13.9. The number of ether oxygens (including phenoxy) is 2. The Hall–Kier alpha value is -1.75. The minimum atomic E-state index is -1.34. The van der Waals surface area contributed by atoms with Gasteiger partial charge in [0.2, 0.25) is 0 Å². The van der Waals surface area contributed by atoms with Crippen molar-refractivity contribution in [3.05, 3.63) is 23.8 Å². The second kappa shape index (κ2) is 5.48. The van der Waals surface area contributed by atoms with Crippen LogP contribution in [0.3, 0.4) is 0 Å². The Balaban J connectivity index is 1.88. The average molecular weight is 265 g/mol. The van der Waals surface area contributed by atoms with E-state index in [0.717, 1.165) is 17.1 Å². The number of fused-ring (bicyclic) bond motifs is 1. The number of carbonyl (C=O) groups is 1. The van der Waals surface area contributed by atoms with Gasteiger partial charge in [-0.05, 0) is 38.0 Å². The lowest BCUT2D eigenvalue weighted by Crippen LogP contribution is -2.42. The van der Waals surface area contributed by atoms with Gasteiger partial charge in [-0.2, -0.15) is 0 Å². The fraction of sp³-hybridized carbons (Fsp3) is 0.500. The highest BCUT2D eigenvalue weighted by Crippen LogP contribution is 2.30. The lowest BCUT2D eigenvalue weighted by molar-refractivity contribution is -0.136. The average Bonchev–Trinajstić information content (AvgIpc) is 2.37. The predicted octanol–water partition coefficient (Wildman–Crippen LogP) is 0.887. The summed E-state index contributed by atoms with van der Waals surface area (Å²) in [5.41, 5.74) is -0.285. The van der Waals surface area contributed by atoms with E-state index in [1.807, 2.05) is 18.2 Å². The third kappa shape index (κ3) is 3.61. The summed E-state index contributed by atoms with van der Waals surface area (Å²) in [5.74, 6) is 1.14. The van der Waals surface area contributed by atoms with Gasteiger partial charge >= 0.3 is 0 Å². The molecule has 0 atom stereocenters. The molecule has 0 spiro atoms. The number of aliphatic hydroxyl groups is 1. The monoisotopic (exact) mass is 265 g/mol. The van der Waals surface area contributed by atoms with Gasteiger partial charge < -0.3 is 19.9 Å². The maximum Gasteiger partial charge on any atom is 0.251 e. The van der Waals surface area contributed by atoms with Gasteiger partial charge in [0.25, 0.3) is 5.91 Å². The molecule has 2 rings (SSSR count). The van der Waals surface area contributed by atoms with Crippen LogP contribution in [-0.4, -0.2) is 36.4 Å². The Labute approximate surface area is 112 Å². The topological polar surface area (TPSA) is 67.8 Å². The Bertz CT molecular complexity index is 465. The molecule has 0 radical (unpaired) electrons. The van der Waals surface area contributed by atoms with Crippen LogP contribution >= 0.6 is 0 Å². The summed E-state index contributed by atoms with van der Waals surface area (Å²) in [5, 5.41) is 12.2. The number of hydrogen-bond donors (Lipinski definition) is 2. The smallest absolute Gasteiger partial charge is 0.251 e. The molecule has 0 fully saturated rings. The van der Waals surface area contributed by atoms with Gasteiger partial charge in [0.1, 0.15) is 18.8 Å². The molecule has 0 aliphatic carbocycles. The predicted molar refractivity (Wildman–Crippen MR) is 70.4 cm³/mol. The molecule has 0 unspecified atom stereocenters. The van der Waals surface area contributed by atoms with Crippen LogP contribution in [0.15, 0.2) is 18.2 Å². The molecule has 0 saturated heterocycles. The van der Waals surface area contributed by atoms with Gasteiger partial charge in [0.05, 0.1) is 0 Å². The van der Waals surface area contributed by atoms with Crippen molar-refractivity contribution in [1.29, 1.82) is 0 Å². The second-order valence-corrected chi connectivity index (χ2v) is 5.04. The molecule has 1 aliphatic rings. The first-order valence-corrected chi connectivity index (χ1v) is 6.36. The number of rotatable bonds is 4. The van der Waals surface area contributed by atoms with Crippen LogP contribution in [0.2, 0.25) is 0 Å². The number of nitrogens with one attached hydrogen (secondary N) is 1. The first-order valence-electron chi connectivity index (χ1n) is 6.36. The summed E-state index contributed by atoms with van der Waals surface area (Å²) in [6, 6.07) is 5.75. The van der Waals surface area contributed by atoms with Crippen molar-refractivity contribution in [3.63, 3.8) is 0 Å². The van der Waals surface area contributed by atoms with E-state index >= 15 is 0 Å². The molecule has 1 heterocycles. The molecule has 5 nitrogen and oxygen atoms in total. The molecule has 5 heteroatoms. The van der Waals surface area contributed by atoms with Crippen LogP contribution in [0, 0.1) is 0 Å². The SMILES string of the molecule is CC(C)(O)C(=O)NCCc1ccc2c(c1)OCCO2. The summed E-state index contributed by atoms with van der Waals surface area (Å²) in [6.07, 6.45) is 0.679. The molecular formula is C14H19NO4. The van der Waals surface area contributed by atoms with Crippen LogP contribution in [-0.2, 0) is 11.2 Å². The highest BCUT2D eigenvalue weighted by molar-refractivity contribution is 5.83. The normalized spacial score (nSPS) is 14.1. The van der Waals surface area contributed by atoms with Crippen molar-refractivity contribution in [3.8, 4) is 11.5 Å². The third-order valence-corrected chi connectivity index (χ3v) is 2.86. The van der Waals surface area contributed by atoms with E-state index in [2.05, 4.69) is 5.32 Å². The minimum Gasteiger partial charge on any atom is -0.486 e. The Morgan fingerprint density at radius 1 is 1.32 bits per heavy atom. The second-order valence-electron chi connectivity index (χ2n) is 5.04. The molecule has 1 aliphatic heterocycles. The van der Waals surface area contributed by atoms with Crippen LogP contribution < -0.4 is 14.8 Å².